The molecule has 56 valence electrons. The Morgan fingerprint density at radius 2 is 1.67 bits per heavy atom. The van der Waals surface area contributed by atoms with Crippen molar-refractivity contribution in [3.63, 3.8) is 0 Å². The minimum atomic E-state index is -1.13. The summed E-state index contributed by atoms with van der Waals surface area (Å²) >= 11 is 21.5. The Morgan fingerprint density at radius 3 is 1.78 bits per heavy atom. The van der Waals surface area contributed by atoms with Gasteiger partial charge in [0.05, 0.1) is 10.8 Å². The average Bonchev–Trinajstić information content (AvgIpc) is 1.84. The van der Waals surface area contributed by atoms with Crippen molar-refractivity contribution in [2.75, 3.05) is 5.88 Å². The molecule has 3 unspecified atom stereocenters. The van der Waals surface area contributed by atoms with Crippen molar-refractivity contribution in [3.05, 3.63) is 0 Å². The van der Waals surface area contributed by atoms with Gasteiger partial charge in [-0.15, -0.1) is 34.8 Å². The SMILES string of the molecule is OC(Cl)C(Cl)C(Cl)CCl. The first-order valence-corrected chi connectivity index (χ1v) is 4.10. The Hall–Kier alpha value is 1.12. The van der Waals surface area contributed by atoms with E-state index < -0.39 is 16.3 Å². The summed E-state index contributed by atoms with van der Waals surface area (Å²) in [6.45, 7) is 0. The second-order valence-electron chi connectivity index (χ2n) is 1.49. The standard InChI is InChI=1S/C4H6Cl4O/c5-1-2(6)3(7)4(8)9/h2-4,9H,1H2. The van der Waals surface area contributed by atoms with Gasteiger partial charge >= 0.3 is 0 Å². The lowest BCUT2D eigenvalue weighted by molar-refractivity contribution is 0.249. The Kier molecular flexibility index (Phi) is 5.47. The van der Waals surface area contributed by atoms with Crippen molar-refractivity contribution >= 4 is 46.4 Å². The Balaban J connectivity index is 3.58. The fraction of sp³-hybridized carbons (Fsp3) is 1.00. The highest BCUT2D eigenvalue weighted by atomic mass is 35.5. The second-order valence-corrected chi connectivity index (χ2v) is 3.31. The van der Waals surface area contributed by atoms with Crippen molar-refractivity contribution < 1.29 is 5.11 Å². The molecule has 1 nitrogen and oxygen atoms in total. The lowest BCUT2D eigenvalue weighted by Crippen LogP contribution is -2.26. The van der Waals surface area contributed by atoms with Gasteiger partial charge in [-0.05, 0) is 0 Å². The summed E-state index contributed by atoms with van der Waals surface area (Å²) < 4.78 is 0. The van der Waals surface area contributed by atoms with E-state index in [0.29, 0.717) is 0 Å². The Bertz CT molecular complexity index is 77.0. The van der Waals surface area contributed by atoms with E-state index in [0.717, 1.165) is 0 Å². The summed E-state index contributed by atoms with van der Waals surface area (Å²) in [6, 6.07) is 0. The van der Waals surface area contributed by atoms with E-state index in [9.17, 15) is 0 Å². The van der Waals surface area contributed by atoms with Crippen LogP contribution in [0.15, 0.2) is 0 Å². The largest absolute Gasteiger partial charge is 0.376 e. The molecule has 0 saturated heterocycles. The van der Waals surface area contributed by atoms with Crippen LogP contribution in [0.2, 0.25) is 0 Å². The van der Waals surface area contributed by atoms with E-state index in [2.05, 4.69) is 0 Å². The molecule has 0 aromatic carbocycles. The number of aliphatic hydroxyl groups is 1. The van der Waals surface area contributed by atoms with E-state index in [1.807, 2.05) is 0 Å². The molecular weight excluding hydrogens is 206 g/mol. The molecule has 0 radical (unpaired) electrons. The third kappa shape index (κ3) is 3.74. The van der Waals surface area contributed by atoms with E-state index >= 15 is 0 Å². The molecular formula is C4H6Cl4O. The Labute approximate surface area is 73.8 Å². The van der Waals surface area contributed by atoms with Crippen molar-refractivity contribution in [1.29, 1.82) is 0 Å². The van der Waals surface area contributed by atoms with Crippen LogP contribution in [0.1, 0.15) is 0 Å². The zero-order valence-corrected chi connectivity index (χ0v) is 7.42. The van der Waals surface area contributed by atoms with Crippen LogP contribution < -0.4 is 0 Å². The molecule has 0 amide bonds. The number of rotatable bonds is 3. The summed E-state index contributed by atoms with van der Waals surface area (Å²) in [6.07, 6.45) is 0. The maximum Gasteiger partial charge on any atom is 0.145 e. The minimum absolute atomic E-state index is 0.180. The van der Waals surface area contributed by atoms with Crippen LogP contribution in [-0.4, -0.2) is 27.3 Å². The zero-order chi connectivity index (χ0) is 7.44. The van der Waals surface area contributed by atoms with Gasteiger partial charge in [-0.1, -0.05) is 11.6 Å². The van der Waals surface area contributed by atoms with Crippen molar-refractivity contribution in [3.8, 4) is 0 Å². The molecule has 3 atom stereocenters. The number of aliphatic hydroxyl groups excluding tert-OH is 1. The van der Waals surface area contributed by atoms with Crippen LogP contribution >= 0.6 is 46.4 Å². The summed E-state index contributed by atoms with van der Waals surface area (Å²) in [5.74, 6) is 0.180. The lowest BCUT2D eigenvalue weighted by Gasteiger charge is -2.13. The molecule has 0 fully saturated rings. The van der Waals surface area contributed by atoms with E-state index in [1.54, 1.807) is 0 Å². The van der Waals surface area contributed by atoms with Gasteiger partial charge in [-0.25, -0.2) is 0 Å². The van der Waals surface area contributed by atoms with E-state index in [1.165, 1.54) is 0 Å². The molecule has 0 saturated carbocycles. The molecule has 0 aromatic heterocycles. The number of hydrogen-bond acceptors (Lipinski definition) is 1. The predicted octanol–water partition coefficient (Wildman–Crippen LogP) is 2.00. The maximum absolute atomic E-state index is 8.61. The van der Waals surface area contributed by atoms with Gasteiger partial charge in [0.25, 0.3) is 0 Å². The zero-order valence-electron chi connectivity index (χ0n) is 4.40. The monoisotopic (exact) mass is 210 g/mol. The van der Waals surface area contributed by atoms with Crippen molar-refractivity contribution in [1.82, 2.24) is 0 Å². The first-order chi connectivity index (χ1) is 4.09. The fourth-order valence-electron chi connectivity index (χ4n) is 0.257. The molecule has 0 spiro atoms. The second kappa shape index (κ2) is 4.86. The molecule has 1 N–H and O–H groups in total. The highest BCUT2D eigenvalue weighted by Gasteiger charge is 2.21. The maximum atomic E-state index is 8.61. The van der Waals surface area contributed by atoms with Crippen LogP contribution in [-0.2, 0) is 0 Å². The smallest absolute Gasteiger partial charge is 0.145 e. The van der Waals surface area contributed by atoms with Crippen LogP contribution in [0.5, 0.6) is 0 Å². The Morgan fingerprint density at radius 1 is 1.22 bits per heavy atom. The van der Waals surface area contributed by atoms with Crippen molar-refractivity contribution in [2.24, 2.45) is 0 Å². The highest BCUT2D eigenvalue weighted by Crippen LogP contribution is 2.17. The summed E-state index contributed by atoms with van der Waals surface area (Å²) in [5.41, 5.74) is -1.13. The van der Waals surface area contributed by atoms with E-state index in [4.69, 9.17) is 51.5 Å². The molecule has 0 heterocycles. The summed E-state index contributed by atoms with van der Waals surface area (Å²) in [7, 11) is 0. The fourth-order valence-corrected chi connectivity index (χ4v) is 1.02. The molecule has 0 aliphatic heterocycles. The normalized spacial score (nSPS) is 21.0. The molecule has 0 aromatic rings. The molecule has 0 aliphatic rings. The van der Waals surface area contributed by atoms with Gasteiger partial charge < -0.3 is 5.11 Å². The third-order valence-electron chi connectivity index (χ3n) is 0.756. The van der Waals surface area contributed by atoms with Gasteiger partial charge in [0, 0.05) is 5.88 Å². The van der Waals surface area contributed by atoms with Crippen LogP contribution in [0.4, 0.5) is 0 Å². The topological polar surface area (TPSA) is 20.2 Å². The van der Waals surface area contributed by atoms with Gasteiger partial charge in [0.15, 0.2) is 0 Å². The van der Waals surface area contributed by atoms with Crippen molar-refractivity contribution in [2.45, 2.75) is 16.3 Å². The third-order valence-corrected chi connectivity index (χ3v) is 2.74. The van der Waals surface area contributed by atoms with Crippen LogP contribution in [0.25, 0.3) is 0 Å². The van der Waals surface area contributed by atoms with Gasteiger partial charge in [0.2, 0.25) is 0 Å². The molecule has 0 aliphatic carbocycles. The van der Waals surface area contributed by atoms with Gasteiger partial charge in [-0.2, -0.15) is 0 Å². The average molecular weight is 212 g/mol. The molecule has 5 heteroatoms. The quantitative estimate of drug-likeness (QED) is 0.709. The minimum Gasteiger partial charge on any atom is -0.376 e. The first-order valence-electron chi connectivity index (χ1n) is 2.26. The number of alkyl halides is 4. The van der Waals surface area contributed by atoms with Gasteiger partial charge in [-0.3, -0.25) is 0 Å². The summed E-state index contributed by atoms with van der Waals surface area (Å²) in [5, 5.41) is 7.44. The van der Waals surface area contributed by atoms with Crippen LogP contribution in [0, 0.1) is 0 Å². The first kappa shape index (κ1) is 10.1. The molecule has 0 rings (SSSR count). The number of halogens is 4. The van der Waals surface area contributed by atoms with E-state index in [-0.39, 0.29) is 5.88 Å². The molecule has 0 bridgehead atoms. The van der Waals surface area contributed by atoms with Gasteiger partial charge in [0.1, 0.15) is 5.56 Å². The predicted molar refractivity (Wildman–Crippen MR) is 41.9 cm³/mol. The lowest BCUT2D eigenvalue weighted by atomic mass is 10.3. The highest BCUT2D eigenvalue weighted by molar-refractivity contribution is 6.36. The summed E-state index contributed by atoms with van der Waals surface area (Å²) in [4.78, 5) is 0. The van der Waals surface area contributed by atoms with Crippen LogP contribution in [0.3, 0.4) is 0 Å². The molecule has 9 heavy (non-hydrogen) atoms. The number of hydrogen-bond donors (Lipinski definition) is 1.